The molecule has 2 N–H and O–H groups in total. The Bertz CT molecular complexity index is 1030. The highest BCUT2D eigenvalue weighted by molar-refractivity contribution is 5.98. The van der Waals surface area contributed by atoms with Gasteiger partial charge in [-0.3, -0.25) is 4.79 Å². The fourth-order valence-corrected chi connectivity index (χ4v) is 3.40. The Morgan fingerprint density at radius 2 is 1.66 bits per heavy atom. The average molecular weight is 401 g/mol. The number of para-hydroxylation sites is 1. The van der Waals surface area contributed by atoms with Crippen LogP contribution < -0.4 is 4.74 Å². The molecule has 5 nitrogen and oxygen atoms in total. The summed E-state index contributed by atoms with van der Waals surface area (Å²) in [6, 6.07) is 10.1. The Hall–Kier alpha value is -3.03. The van der Waals surface area contributed by atoms with Crippen LogP contribution in [0.3, 0.4) is 0 Å². The minimum absolute atomic E-state index is 0.0765. The maximum Gasteiger partial charge on any atom is 0.202 e. The summed E-state index contributed by atoms with van der Waals surface area (Å²) < 4.78 is 35.0. The topological polar surface area (TPSA) is 71.7 Å². The van der Waals surface area contributed by atoms with E-state index in [1.54, 1.807) is 42.7 Å². The Kier molecular flexibility index (Phi) is 6.10. The first-order valence-electron chi connectivity index (χ1n) is 9.00. The van der Waals surface area contributed by atoms with Crippen LogP contribution in [0.5, 0.6) is 5.75 Å². The van der Waals surface area contributed by atoms with Crippen molar-refractivity contribution < 1.29 is 28.5 Å². The molecule has 3 rings (SSSR count). The Morgan fingerprint density at radius 3 is 2.24 bits per heavy atom. The Morgan fingerprint density at radius 1 is 1.03 bits per heavy atom. The molecule has 7 heteroatoms. The van der Waals surface area contributed by atoms with E-state index in [4.69, 9.17) is 4.74 Å². The Labute approximate surface area is 166 Å². The summed E-state index contributed by atoms with van der Waals surface area (Å²) in [4.78, 5) is 12.8. The van der Waals surface area contributed by atoms with Gasteiger partial charge in [-0.05, 0) is 44.2 Å². The number of Topliss-reactive ketones (excluding diaryl/α,β-unsaturated/α-hetero) is 1. The largest absolute Gasteiger partial charge is 0.485 e. The average Bonchev–Trinajstić information content (AvgIpc) is 3.00. The number of rotatable bonds is 7. The third-order valence-corrected chi connectivity index (χ3v) is 4.72. The molecule has 0 spiro atoms. The first kappa shape index (κ1) is 20.7. The van der Waals surface area contributed by atoms with Crippen LogP contribution in [0.4, 0.5) is 8.78 Å². The summed E-state index contributed by atoms with van der Waals surface area (Å²) in [5, 5.41) is 18.9. The number of hydrogen-bond donors (Lipinski definition) is 2. The van der Waals surface area contributed by atoms with Gasteiger partial charge in [0.1, 0.15) is 17.4 Å². The van der Waals surface area contributed by atoms with E-state index in [1.807, 2.05) is 0 Å². The predicted octanol–water partition coefficient (Wildman–Crippen LogP) is 3.62. The van der Waals surface area contributed by atoms with Crippen molar-refractivity contribution >= 4 is 5.78 Å². The standard InChI is InChI=1S/C22H21F2NO4/c1-13-7-18(14(2)25(13)20-6-4-3-5-19(20)24)21(28)12-29-22-15(10-26)8-17(23)9-16(22)11-27/h3-9,26-27H,10-12H2,1-2H3. The number of nitrogens with zero attached hydrogens (tertiary/aromatic N) is 1. The molecule has 0 saturated carbocycles. The summed E-state index contributed by atoms with van der Waals surface area (Å²) in [7, 11) is 0. The summed E-state index contributed by atoms with van der Waals surface area (Å²) in [6.45, 7) is 2.09. The summed E-state index contributed by atoms with van der Waals surface area (Å²) in [5.41, 5.74) is 2.22. The number of carbonyl (C=O) groups is 1. The maximum atomic E-state index is 14.2. The van der Waals surface area contributed by atoms with Gasteiger partial charge in [-0.1, -0.05) is 12.1 Å². The van der Waals surface area contributed by atoms with E-state index in [-0.39, 0.29) is 29.3 Å². The van der Waals surface area contributed by atoms with E-state index >= 15 is 0 Å². The van der Waals surface area contributed by atoms with Crippen molar-refractivity contribution in [2.75, 3.05) is 6.61 Å². The highest BCUT2D eigenvalue weighted by atomic mass is 19.1. The SMILES string of the molecule is Cc1cc(C(=O)COc2c(CO)cc(F)cc2CO)c(C)n1-c1ccccc1F. The molecule has 0 radical (unpaired) electrons. The molecule has 0 atom stereocenters. The fraction of sp³-hybridized carbons (Fsp3) is 0.227. The number of aromatic nitrogens is 1. The second-order valence-corrected chi connectivity index (χ2v) is 6.65. The smallest absolute Gasteiger partial charge is 0.202 e. The lowest BCUT2D eigenvalue weighted by atomic mass is 10.1. The van der Waals surface area contributed by atoms with E-state index < -0.39 is 24.8 Å². The molecule has 0 aliphatic carbocycles. The molecule has 0 amide bonds. The van der Waals surface area contributed by atoms with Crippen molar-refractivity contribution in [3.8, 4) is 11.4 Å². The molecular formula is C22H21F2NO4. The number of aliphatic hydroxyl groups excluding tert-OH is 2. The van der Waals surface area contributed by atoms with Crippen molar-refractivity contribution in [3.05, 3.63) is 82.2 Å². The molecule has 0 aliphatic rings. The van der Waals surface area contributed by atoms with E-state index in [9.17, 15) is 23.8 Å². The van der Waals surface area contributed by atoms with Crippen LogP contribution in [0.1, 0.15) is 32.9 Å². The first-order chi connectivity index (χ1) is 13.9. The Balaban J connectivity index is 1.89. The third kappa shape index (κ3) is 4.06. The maximum absolute atomic E-state index is 14.2. The van der Waals surface area contributed by atoms with Gasteiger partial charge in [0.25, 0.3) is 0 Å². The highest BCUT2D eigenvalue weighted by Crippen LogP contribution is 2.27. The second-order valence-electron chi connectivity index (χ2n) is 6.65. The summed E-state index contributed by atoms with van der Waals surface area (Å²) in [5.74, 6) is -1.31. The van der Waals surface area contributed by atoms with Gasteiger partial charge in [-0.2, -0.15) is 0 Å². The summed E-state index contributed by atoms with van der Waals surface area (Å²) in [6.07, 6.45) is 0. The number of halogens is 2. The number of carbonyl (C=O) groups excluding carboxylic acids is 1. The van der Waals surface area contributed by atoms with E-state index in [0.717, 1.165) is 12.1 Å². The number of aliphatic hydroxyl groups is 2. The van der Waals surface area contributed by atoms with Crippen LogP contribution in [0, 0.1) is 25.5 Å². The van der Waals surface area contributed by atoms with Gasteiger partial charge in [0, 0.05) is 28.1 Å². The molecule has 29 heavy (non-hydrogen) atoms. The van der Waals surface area contributed by atoms with Crippen LogP contribution in [0.2, 0.25) is 0 Å². The number of aryl methyl sites for hydroxylation is 1. The van der Waals surface area contributed by atoms with E-state index in [0.29, 0.717) is 22.6 Å². The molecule has 152 valence electrons. The number of ether oxygens (including phenoxy) is 1. The monoisotopic (exact) mass is 401 g/mol. The van der Waals surface area contributed by atoms with Crippen LogP contribution >= 0.6 is 0 Å². The molecule has 0 aliphatic heterocycles. The van der Waals surface area contributed by atoms with Crippen molar-refractivity contribution in [2.45, 2.75) is 27.1 Å². The van der Waals surface area contributed by atoms with Crippen molar-refractivity contribution in [1.29, 1.82) is 0 Å². The van der Waals surface area contributed by atoms with Gasteiger partial charge < -0.3 is 19.5 Å². The molecule has 0 fully saturated rings. The molecule has 1 heterocycles. The molecule has 3 aromatic rings. The molecule has 1 aromatic heterocycles. The van der Waals surface area contributed by atoms with Crippen molar-refractivity contribution in [2.24, 2.45) is 0 Å². The number of benzene rings is 2. The quantitative estimate of drug-likeness (QED) is 0.594. The zero-order chi connectivity index (χ0) is 21.1. The molecule has 0 unspecified atom stereocenters. The third-order valence-electron chi connectivity index (χ3n) is 4.72. The van der Waals surface area contributed by atoms with Gasteiger partial charge in [-0.15, -0.1) is 0 Å². The van der Waals surface area contributed by atoms with E-state index in [1.165, 1.54) is 6.07 Å². The second kappa shape index (κ2) is 8.55. The fourth-order valence-electron chi connectivity index (χ4n) is 3.40. The zero-order valence-corrected chi connectivity index (χ0v) is 16.1. The minimum Gasteiger partial charge on any atom is -0.485 e. The predicted molar refractivity (Wildman–Crippen MR) is 103 cm³/mol. The van der Waals surface area contributed by atoms with Gasteiger partial charge in [0.05, 0.1) is 18.9 Å². The van der Waals surface area contributed by atoms with E-state index in [2.05, 4.69) is 0 Å². The molecule has 0 saturated heterocycles. The highest BCUT2D eigenvalue weighted by Gasteiger charge is 2.20. The number of ketones is 1. The lowest BCUT2D eigenvalue weighted by molar-refractivity contribution is 0.0916. The van der Waals surface area contributed by atoms with Crippen LogP contribution in [-0.4, -0.2) is 27.2 Å². The normalized spacial score (nSPS) is 11.0. The van der Waals surface area contributed by atoms with Crippen molar-refractivity contribution in [1.82, 2.24) is 4.57 Å². The molecular weight excluding hydrogens is 380 g/mol. The number of hydrogen-bond acceptors (Lipinski definition) is 4. The van der Waals surface area contributed by atoms with Crippen LogP contribution in [0.25, 0.3) is 5.69 Å². The van der Waals surface area contributed by atoms with Crippen LogP contribution in [0.15, 0.2) is 42.5 Å². The van der Waals surface area contributed by atoms with Gasteiger partial charge in [-0.25, -0.2) is 8.78 Å². The molecule has 2 aromatic carbocycles. The molecule has 0 bridgehead atoms. The van der Waals surface area contributed by atoms with Gasteiger partial charge >= 0.3 is 0 Å². The van der Waals surface area contributed by atoms with Crippen LogP contribution in [-0.2, 0) is 13.2 Å². The van der Waals surface area contributed by atoms with Gasteiger partial charge in [0.2, 0.25) is 5.78 Å². The minimum atomic E-state index is -0.620. The first-order valence-corrected chi connectivity index (χ1v) is 9.00. The lowest BCUT2D eigenvalue weighted by Crippen LogP contribution is -2.15. The lowest BCUT2D eigenvalue weighted by Gasteiger charge is -2.14. The zero-order valence-electron chi connectivity index (χ0n) is 16.1. The van der Waals surface area contributed by atoms with Crippen molar-refractivity contribution in [3.63, 3.8) is 0 Å². The van der Waals surface area contributed by atoms with Gasteiger partial charge in [0.15, 0.2) is 6.61 Å². The summed E-state index contributed by atoms with van der Waals surface area (Å²) >= 11 is 0.